The number of ether oxygens (including phenoxy) is 2. The van der Waals surface area contributed by atoms with Crippen molar-refractivity contribution < 1.29 is 24.3 Å². The second-order valence-corrected chi connectivity index (χ2v) is 4.24. The summed E-state index contributed by atoms with van der Waals surface area (Å²) in [5, 5.41) is 18.8. The third-order valence-corrected chi connectivity index (χ3v) is 3.06. The minimum atomic E-state index is -1.07. The number of rotatable bonds is 6. The first-order chi connectivity index (χ1) is 9.22. The first-order valence-electron chi connectivity index (χ1n) is 6.21. The summed E-state index contributed by atoms with van der Waals surface area (Å²) < 4.78 is 16.2. The van der Waals surface area contributed by atoms with Crippen LogP contribution >= 0.6 is 12.4 Å². The van der Waals surface area contributed by atoms with Gasteiger partial charge in [0.25, 0.3) is 0 Å². The van der Waals surface area contributed by atoms with Crippen LogP contribution in [-0.2, 0) is 4.65 Å². The molecule has 8 heteroatoms. The van der Waals surface area contributed by atoms with Gasteiger partial charge in [0.15, 0.2) is 11.5 Å². The number of methoxy groups -OCH3 is 1. The number of benzene rings is 1. The number of hydrogen-bond acceptors (Lipinski definition) is 6. The molecule has 0 fully saturated rings. The van der Waals surface area contributed by atoms with Gasteiger partial charge in [-0.25, -0.2) is 0 Å². The lowest BCUT2D eigenvalue weighted by molar-refractivity contribution is 0.198. The number of nitrogens with two attached hydrogens (primary N) is 1. The second-order valence-electron chi connectivity index (χ2n) is 4.24. The summed E-state index contributed by atoms with van der Waals surface area (Å²) in [4.78, 5) is 0. The Morgan fingerprint density at radius 2 is 2.20 bits per heavy atom. The van der Waals surface area contributed by atoms with Crippen molar-refractivity contribution in [1.29, 1.82) is 0 Å². The van der Waals surface area contributed by atoms with E-state index in [0.29, 0.717) is 30.0 Å². The zero-order valence-electron chi connectivity index (χ0n) is 11.2. The van der Waals surface area contributed by atoms with Crippen LogP contribution in [0.2, 0.25) is 0 Å². The molecular weight excluding hydrogens is 284 g/mol. The molecule has 1 aliphatic rings. The fraction of sp³-hybridized carbons (Fsp3) is 0.500. The number of hydrogen-bond donors (Lipinski definition) is 3. The van der Waals surface area contributed by atoms with Crippen LogP contribution in [0.4, 0.5) is 0 Å². The maximum absolute atomic E-state index is 9.98. The van der Waals surface area contributed by atoms with Crippen LogP contribution < -0.4 is 20.7 Å². The maximum atomic E-state index is 9.98. The number of fused-ring (bicyclic) bond motifs is 1. The van der Waals surface area contributed by atoms with E-state index >= 15 is 0 Å². The van der Waals surface area contributed by atoms with Crippen molar-refractivity contribution in [2.24, 2.45) is 5.73 Å². The van der Waals surface area contributed by atoms with E-state index in [0.717, 1.165) is 5.56 Å². The molecule has 1 unspecified atom stereocenters. The summed E-state index contributed by atoms with van der Waals surface area (Å²) in [6.07, 6.45) is 0.167. The molecule has 0 saturated heterocycles. The molecule has 0 aliphatic carbocycles. The Morgan fingerprint density at radius 3 is 2.80 bits per heavy atom. The highest BCUT2D eigenvalue weighted by Crippen LogP contribution is 2.33. The van der Waals surface area contributed by atoms with E-state index in [-0.39, 0.29) is 31.7 Å². The van der Waals surface area contributed by atoms with Gasteiger partial charge < -0.3 is 30.0 Å². The molecule has 20 heavy (non-hydrogen) atoms. The van der Waals surface area contributed by atoms with Gasteiger partial charge in [0.2, 0.25) is 0 Å². The number of aliphatic hydroxyl groups is 1. The van der Waals surface area contributed by atoms with Crippen LogP contribution in [0.1, 0.15) is 18.1 Å². The van der Waals surface area contributed by atoms with Gasteiger partial charge in [0, 0.05) is 25.0 Å². The summed E-state index contributed by atoms with van der Waals surface area (Å²) in [6, 6.07) is 3.58. The molecule has 0 bridgehead atoms. The topological polar surface area (TPSA) is 94.2 Å². The van der Waals surface area contributed by atoms with Crippen LogP contribution in [-0.4, -0.2) is 44.1 Å². The zero-order chi connectivity index (χ0) is 13.8. The molecule has 112 valence electrons. The van der Waals surface area contributed by atoms with E-state index < -0.39 is 7.12 Å². The predicted octanol–water partition coefficient (Wildman–Crippen LogP) is -0.404. The predicted molar refractivity (Wildman–Crippen MR) is 77.9 cm³/mol. The molecule has 6 nitrogen and oxygen atoms in total. The minimum Gasteiger partial charge on any atom is -0.493 e. The fourth-order valence-corrected chi connectivity index (χ4v) is 2.16. The van der Waals surface area contributed by atoms with Gasteiger partial charge in [0.1, 0.15) is 0 Å². The Hall–Kier alpha value is -0.985. The molecule has 0 amide bonds. The normalized spacial score (nSPS) is 16.6. The van der Waals surface area contributed by atoms with E-state index in [2.05, 4.69) is 0 Å². The van der Waals surface area contributed by atoms with Crippen molar-refractivity contribution in [3.05, 3.63) is 17.7 Å². The second kappa shape index (κ2) is 7.71. The number of aliphatic hydroxyl groups excluding tert-OH is 1. The molecule has 1 aromatic rings. The molecule has 1 atom stereocenters. The third kappa shape index (κ3) is 3.19. The molecule has 0 spiro atoms. The van der Waals surface area contributed by atoms with Crippen molar-refractivity contribution >= 4 is 25.0 Å². The van der Waals surface area contributed by atoms with Crippen molar-refractivity contribution in [1.82, 2.24) is 0 Å². The Morgan fingerprint density at radius 1 is 1.45 bits per heavy atom. The van der Waals surface area contributed by atoms with E-state index in [1.54, 1.807) is 6.07 Å². The SMILES string of the molecule is COc1ccc2c(c1OCCCO)B(O)OC2CN.Cl. The van der Waals surface area contributed by atoms with Crippen LogP contribution in [0.3, 0.4) is 0 Å². The van der Waals surface area contributed by atoms with Gasteiger partial charge in [-0.3, -0.25) is 0 Å². The van der Waals surface area contributed by atoms with Crippen molar-refractivity contribution in [2.75, 3.05) is 26.9 Å². The quantitative estimate of drug-likeness (QED) is 0.489. The molecule has 1 aromatic carbocycles. The summed E-state index contributed by atoms with van der Waals surface area (Å²) in [5.74, 6) is 0.980. The molecule has 2 rings (SSSR count). The molecule has 1 aliphatic heterocycles. The van der Waals surface area contributed by atoms with Crippen molar-refractivity contribution in [3.63, 3.8) is 0 Å². The van der Waals surface area contributed by atoms with Crippen LogP contribution in [0.5, 0.6) is 11.5 Å². The standard InChI is InChI=1S/C12H18BNO5.ClH/c1-17-9-4-3-8-10(7-14)19-13(16)11(8)12(9)18-6-2-5-15;/h3-4,10,15-16H,2,5-7,14H2,1H3;1H. The third-order valence-electron chi connectivity index (χ3n) is 3.06. The molecule has 0 saturated carbocycles. The average Bonchev–Trinajstić information content (AvgIpc) is 2.76. The van der Waals surface area contributed by atoms with Crippen molar-refractivity contribution in [2.45, 2.75) is 12.5 Å². The van der Waals surface area contributed by atoms with E-state index in [9.17, 15) is 5.02 Å². The first kappa shape index (κ1) is 17.1. The molecule has 1 heterocycles. The lowest BCUT2D eigenvalue weighted by Crippen LogP contribution is -2.30. The Bertz CT molecular complexity index is 448. The highest BCUT2D eigenvalue weighted by molar-refractivity contribution is 6.63. The highest BCUT2D eigenvalue weighted by Gasteiger charge is 2.38. The van der Waals surface area contributed by atoms with Gasteiger partial charge in [-0.05, 0) is 11.6 Å². The Balaban J connectivity index is 0.00000200. The van der Waals surface area contributed by atoms with Gasteiger partial charge in [-0.15, -0.1) is 12.4 Å². The van der Waals surface area contributed by atoms with Crippen LogP contribution in [0, 0.1) is 0 Å². The smallest absolute Gasteiger partial charge is 0.493 e. The zero-order valence-corrected chi connectivity index (χ0v) is 12.1. The Labute approximate surface area is 124 Å². The van der Waals surface area contributed by atoms with Gasteiger partial charge in [-0.2, -0.15) is 0 Å². The van der Waals surface area contributed by atoms with Crippen molar-refractivity contribution in [3.8, 4) is 11.5 Å². The summed E-state index contributed by atoms with van der Waals surface area (Å²) in [6.45, 7) is 0.664. The lowest BCUT2D eigenvalue weighted by atomic mass is 9.78. The van der Waals surface area contributed by atoms with E-state index in [4.69, 9.17) is 25.0 Å². The van der Waals surface area contributed by atoms with Crippen LogP contribution in [0.15, 0.2) is 12.1 Å². The maximum Gasteiger partial charge on any atom is 0.496 e. The lowest BCUT2D eigenvalue weighted by Gasteiger charge is -2.15. The molecule has 0 radical (unpaired) electrons. The molecule has 4 N–H and O–H groups in total. The minimum absolute atomic E-state index is 0. The van der Waals surface area contributed by atoms with Gasteiger partial charge in [0.05, 0.1) is 19.8 Å². The molecule has 0 aromatic heterocycles. The highest BCUT2D eigenvalue weighted by atomic mass is 35.5. The summed E-state index contributed by atoms with van der Waals surface area (Å²) >= 11 is 0. The average molecular weight is 304 g/mol. The summed E-state index contributed by atoms with van der Waals surface area (Å²) in [7, 11) is 0.464. The summed E-state index contributed by atoms with van der Waals surface area (Å²) in [5.41, 5.74) is 6.99. The van der Waals surface area contributed by atoms with Crippen LogP contribution in [0.25, 0.3) is 0 Å². The largest absolute Gasteiger partial charge is 0.496 e. The number of halogens is 1. The first-order valence-corrected chi connectivity index (χ1v) is 6.21. The fourth-order valence-electron chi connectivity index (χ4n) is 2.16. The van der Waals surface area contributed by atoms with E-state index in [1.165, 1.54) is 7.11 Å². The monoisotopic (exact) mass is 303 g/mol. The van der Waals surface area contributed by atoms with Gasteiger partial charge in [-0.1, -0.05) is 6.07 Å². The molecular formula is C12H19BClNO5. The van der Waals surface area contributed by atoms with E-state index in [1.807, 2.05) is 6.07 Å². The van der Waals surface area contributed by atoms with Gasteiger partial charge >= 0.3 is 7.12 Å². The Kier molecular flexibility index (Phi) is 6.58.